The highest BCUT2D eigenvalue weighted by atomic mass is 16.3. The molecule has 4 rings (SSSR count). The minimum atomic E-state index is -0.705. The summed E-state index contributed by atoms with van der Waals surface area (Å²) in [6.07, 6.45) is 0.897. The van der Waals surface area contributed by atoms with Gasteiger partial charge in [-0.05, 0) is 18.1 Å². The number of likely N-dealkylation sites (tertiary alicyclic amines) is 1. The standard InChI is InChI=1S/C20H20N4O5/c25-11-14-7-15(26)10-23(14)19(28)13-6-16-17(21-8-13)24(20(29)22-18(16)27)9-12-4-2-1-3-5-12/h1-6,8,14-15,25-26H,7,9-11H2,(H,22,27,29)/t14-,15-/m0/s1. The fraction of sp³-hybridized carbons (Fsp3) is 0.300. The number of aromatic amines is 1. The van der Waals surface area contributed by atoms with E-state index in [0.29, 0.717) is 6.42 Å². The number of aromatic nitrogens is 3. The maximum Gasteiger partial charge on any atom is 0.330 e. The summed E-state index contributed by atoms with van der Waals surface area (Å²) in [4.78, 5) is 45.4. The Balaban J connectivity index is 1.76. The molecular weight excluding hydrogens is 376 g/mol. The molecule has 0 radical (unpaired) electrons. The molecule has 0 aliphatic carbocycles. The van der Waals surface area contributed by atoms with Crippen LogP contribution in [0.2, 0.25) is 0 Å². The van der Waals surface area contributed by atoms with Gasteiger partial charge in [-0.1, -0.05) is 30.3 Å². The van der Waals surface area contributed by atoms with E-state index < -0.39 is 29.3 Å². The van der Waals surface area contributed by atoms with Gasteiger partial charge in [-0.3, -0.25) is 19.1 Å². The summed E-state index contributed by atoms with van der Waals surface area (Å²) in [5, 5.41) is 19.4. The van der Waals surface area contributed by atoms with Crippen LogP contribution in [0, 0.1) is 0 Å². The molecule has 0 spiro atoms. The summed E-state index contributed by atoms with van der Waals surface area (Å²) in [6.45, 7) is 0.0606. The molecule has 1 amide bonds. The van der Waals surface area contributed by atoms with E-state index in [4.69, 9.17) is 0 Å². The van der Waals surface area contributed by atoms with Crippen molar-refractivity contribution in [2.75, 3.05) is 13.2 Å². The normalized spacial score (nSPS) is 19.0. The van der Waals surface area contributed by atoms with Crippen molar-refractivity contribution in [3.05, 3.63) is 74.6 Å². The summed E-state index contributed by atoms with van der Waals surface area (Å²) < 4.78 is 1.34. The van der Waals surface area contributed by atoms with Crippen molar-refractivity contribution in [2.24, 2.45) is 0 Å². The first-order valence-electron chi connectivity index (χ1n) is 9.24. The van der Waals surface area contributed by atoms with E-state index in [9.17, 15) is 24.6 Å². The van der Waals surface area contributed by atoms with E-state index in [1.807, 2.05) is 30.3 Å². The molecule has 1 aliphatic heterocycles. The van der Waals surface area contributed by atoms with Gasteiger partial charge in [0.15, 0.2) is 0 Å². The van der Waals surface area contributed by atoms with Crippen LogP contribution in [0.3, 0.4) is 0 Å². The summed E-state index contributed by atoms with van der Waals surface area (Å²) >= 11 is 0. The molecule has 9 nitrogen and oxygen atoms in total. The van der Waals surface area contributed by atoms with Crippen molar-refractivity contribution in [3.63, 3.8) is 0 Å². The van der Waals surface area contributed by atoms with Crippen LogP contribution in [0.25, 0.3) is 11.0 Å². The van der Waals surface area contributed by atoms with Crippen molar-refractivity contribution in [2.45, 2.75) is 25.1 Å². The number of rotatable bonds is 4. The predicted octanol–water partition coefficient (Wildman–Crippen LogP) is -0.299. The number of aliphatic hydroxyl groups is 2. The third kappa shape index (κ3) is 3.57. The van der Waals surface area contributed by atoms with Crippen LogP contribution in [-0.2, 0) is 6.54 Å². The van der Waals surface area contributed by atoms with Gasteiger partial charge in [-0.25, -0.2) is 9.78 Å². The molecule has 2 aromatic heterocycles. The number of aliphatic hydroxyl groups excluding tert-OH is 2. The van der Waals surface area contributed by atoms with Crippen LogP contribution in [0.1, 0.15) is 22.3 Å². The smallest absolute Gasteiger partial charge is 0.330 e. The molecule has 0 saturated carbocycles. The average Bonchev–Trinajstić information content (AvgIpc) is 3.11. The number of amides is 1. The molecule has 150 valence electrons. The van der Waals surface area contributed by atoms with Gasteiger partial charge in [0.1, 0.15) is 5.65 Å². The van der Waals surface area contributed by atoms with Crippen LogP contribution in [0.15, 0.2) is 52.2 Å². The maximum atomic E-state index is 12.8. The Labute approximate surface area is 164 Å². The second kappa shape index (κ2) is 7.61. The monoisotopic (exact) mass is 396 g/mol. The van der Waals surface area contributed by atoms with E-state index in [0.717, 1.165) is 5.56 Å². The van der Waals surface area contributed by atoms with E-state index in [1.54, 1.807) is 0 Å². The quantitative estimate of drug-likeness (QED) is 0.555. The highest BCUT2D eigenvalue weighted by Crippen LogP contribution is 2.21. The minimum absolute atomic E-state index is 0.103. The zero-order valence-corrected chi connectivity index (χ0v) is 15.5. The van der Waals surface area contributed by atoms with Crippen molar-refractivity contribution in [1.29, 1.82) is 0 Å². The van der Waals surface area contributed by atoms with Crippen LogP contribution in [0.4, 0.5) is 0 Å². The number of H-pyrrole nitrogens is 1. The number of pyridine rings is 1. The Morgan fingerprint density at radius 3 is 2.72 bits per heavy atom. The highest BCUT2D eigenvalue weighted by Gasteiger charge is 2.34. The number of hydrogen-bond acceptors (Lipinski definition) is 6. The zero-order chi connectivity index (χ0) is 20.5. The molecule has 9 heteroatoms. The van der Waals surface area contributed by atoms with Crippen molar-refractivity contribution in [1.82, 2.24) is 19.4 Å². The number of β-amino-alcohol motifs (C(OH)–C–C–N with tert-alkyl or cyclic N) is 1. The molecule has 0 bridgehead atoms. The van der Waals surface area contributed by atoms with Crippen molar-refractivity contribution >= 4 is 16.9 Å². The van der Waals surface area contributed by atoms with E-state index in [-0.39, 0.29) is 36.3 Å². The van der Waals surface area contributed by atoms with Crippen LogP contribution < -0.4 is 11.2 Å². The van der Waals surface area contributed by atoms with Gasteiger partial charge >= 0.3 is 5.69 Å². The third-order valence-electron chi connectivity index (χ3n) is 5.13. The fourth-order valence-corrected chi connectivity index (χ4v) is 3.68. The number of nitrogens with one attached hydrogen (secondary N) is 1. The number of hydrogen-bond donors (Lipinski definition) is 3. The fourth-order valence-electron chi connectivity index (χ4n) is 3.68. The van der Waals surface area contributed by atoms with Gasteiger partial charge < -0.3 is 15.1 Å². The number of benzene rings is 1. The minimum Gasteiger partial charge on any atom is -0.394 e. The Morgan fingerprint density at radius 2 is 2.00 bits per heavy atom. The van der Waals surface area contributed by atoms with Gasteiger partial charge in [-0.2, -0.15) is 0 Å². The summed E-state index contributed by atoms with van der Waals surface area (Å²) in [7, 11) is 0. The average molecular weight is 396 g/mol. The Morgan fingerprint density at radius 1 is 1.24 bits per heavy atom. The molecule has 1 aromatic carbocycles. The summed E-state index contributed by atoms with van der Waals surface area (Å²) in [5.41, 5.74) is -0.0147. The number of fused-ring (bicyclic) bond motifs is 1. The van der Waals surface area contributed by atoms with Crippen LogP contribution in [0.5, 0.6) is 0 Å². The number of nitrogens with zero attached hydrogens (tertiary/aromatic N) is 3. The summed E-state index contributed by atoms with van der Waals surface area (Å²) in [5.74, 6) is -0.435. The Bertz CT molecular complexity index is 1170. The lowest BCUT2D eigenvalue weighted by atomic mass is 10.1. The molecule has 3 N–H and O–H groups in total. The van der Waals surface area contributed by atoms with E-state index in [1.165, 1.54) is 21.7 Å². The first-order valence-corrected chi connectivity index (χ1v) is 9.24. The van der Waals surface area contributed by atoms with Gasteiger partial charge in [0.25, 0.3) is 11.5 Å². The lowest BCUT2D eigenvalue weighted by Crippen LogP contribution is -2.38. The van der Waals surface area contributed by atoms with Crippen molar-refractivity contribution < 1.29 is 15.0 Å². The van der Waals surface area contributed by atoms with E-state index >= 15 is 0 Å². The Hall–Kier alpha value is -3.30. The van der Waals surface area contributed by atoms with Gasteiger partial charge in [0.2, 0.25) is 0 Å². The van der Waals surface area contributed by atoms with E-state index in [2.05, 4.69) is 9.97 Å². The maximum absolute atomic E-state index is 12.8. The Kier molecular flexibility index (Phi) is 4.99. The van der Waals surface area contributed by atoms with Gasteiger partial charge in [0, 0.05) is 12.7 Å². The SMILES string of the molecule is O=C(c1cnc2c(c1)c(=O)[nH]c(=O)n2Cc1ccccc1)N1C[C@@H](O)C[C@H]1CO. The van der Waals surface area contributed by atoms with Crippen LogP contribution >= 0.6 is 0 Å². The molecule has 1 fully saturated rings. The molecular formula is C20H20N4O5. The molecule has 3 heterocycles. The van der Waals surface area contributed by atoms with Gasteiger partial charge in [-0.15, -0.1) is 0 Å². The second-order valence-corrected chi connectivity index (χ2v) is 7.11. The van der Waals surface area contributed by atoms with Gasteiger partial charge in [0.05, 0.1) is 36.2 Å². The molecule has 1 aliphatic rings. The first kappa shape index (κ1) is 19.0. The van der Waals surface area contributed by atoms with Crippen molar-refractivity contribution in [3.8, 4) is 0 Å². The number of carbonyl (C=O) groups is 1. The topological polar surface area (TPSA) is 129 Å². The second-order valence-electron chi connectivity index (χ2n) is 7.11. The predicted molar refractivity (Wildman–Crippen MR) is 105 cm³/mol. The van der Waals surface area contributed by atoms with Crippen LogP contribution in [-0.4, -0.2) is 60.9 Å². The molecule has 0 unspecified atom stereocenters. The highest BCUT2D eigenvalue weighted by molar-refractivity contribution is 5.97. The summed E-state index contributed by atoms with van der Waals surface area (Å²) in [6, 6.07) is 10.2. The molecule has 2 atom stereocenters. The first-order chi connectivity index (χ1) is 14.0. The third-order valence-corrected chi connectivity index (χ3v) is 5.13. The lowest BCUT2D eigenvalue weighted by molar-refractivity contribution is 0.0664. The lowest BCUT2D eigenvalue weighted by Gasteiger charge is -2.22. The molecule has 29 heavy (non-hydrogen) atoms. The molecule has 1 saturated heterocycles. The zero-order valence-electron chi connectivity index (χ0n) is 15.5. The molecule has 3 aromatic rings. The number of carbonyl (C=O) groups excluding carboxylic acids is 1. The largest absolute Gasteiger partial charge is 0.394 e.